The van der Waals surface area contributed by atoms with Crippen molar-refractivity contribution < 1.29 is 14.2 Å². The molecule has 1 aromatic rings. The molecule has 1 atom stereocenters. The summed E-state index contributed by atoms with van der Waals surface area (Å²) in [6, 6.07) is 5.53. The Bertz CT molecular complexity index is 327. The topological polar surface area (TPSA) is 53.7 Å². The van der Waals surface area contributed by atoms with Crippen molar-refractivity contribution in [3.63, 3.8) is 0 Å². The molecule has 1 aliphatic rings. The summed E-state index contributed by atoms with van der Waals surface area (Å²) in [5, 5.41) is 0. The van der Waals surface area contributed by atoms with E-state index in [0.29, 0.717) is 6.61 Å². The fourth-order valence-electron chi connectivity index (χ4n) is 1.51. The maximum Gasteiger partial charge on any atom is 0.231 e. The predicted molar refractivity (Wildman–Crippen MR) is 51.4 cm³/mol. The van der Waals surface area contributed by atoms with E-state index in [-0.39, 0.29) is 12.8 Å². The van der Waals surface area contributed by atoms with E-state index in [1.807, 2.05) is 18.2 Å². The van der Waals surface area contributed by atoms with Gasteiger partial charge in [0.05, 0.1) is 12.6 Å². The molecule has 2 N–H and O–H groups in total. The average Bonchev–Trinajstić information content (AvgIpc) is 2.65. The van der Waals surface area contributed by atoms with Crippen molar-refractivity contribution >= 4 is 0 Å². The lowest BCUT2D eigenvalue weighted by molar-refractivity contribution is 0.166. The van der Waals surface area contributed by atoms with Crippen LogP contribution in [0.4, 0.5) is 0 Å². The van der Waals surface area contributed by atoms with Crippen molar-refractivity contribution in [2.24, 2.45) is 5.73 Å². The van der Waals surface area contributed by atoms with Crippen LogP contribution in [0.1, 0.15) is 11.6 Å². The van der Waals surface area contributed by atoms with Crippen molar-refractivity contribution in [3.8, 4) is 11.5 Å². The van der Waals surface area contributed by atoms with E-state index in [0.717, 1.165) is 17.1 Å². The summed E-state index contributed by atoms with van der Waals surface area (Å²) < 4.78 is 15.6. The quantitative estimate of drug-likeness (QED) is 0.783. The average molecular weight is 195 g/mol. The number of rotatable bonds is 3. The number of hydrogen-bond acceptors (Lipinski definition) is 4. The molecule has 2 rings (SSSR count). The molecular weight excluding hydrogens is 182 g/mol. The van der Waals surface area contributed by atoms with Gasteiger partial charge in [-0.2, -0.15) is 0 Å². The Morgan fingerprint density at radius 1 is 1.50 bits per heavy atom. The molecule has 4 heteroatoms. The molecule has 1 aliphatic heterocycles. The van der Waals surface area contributed by atoms with Gasteiger partial charge in [-0.25, -0.2) is 0 Å². The molecular formula is C10H13NO3. The molecule has 0 spiro atoms. The molecule has 14 heavy (non-hydrogen) atoms. The number of benzene rings is 1. The zero-order valence-corrected chi connectivity index (χ0v) is 8.03. The normalized spacial score (nSPS) is 15.6. The van der Waals surface area contributed by atoms with Crippen LogP contribution in [0.15, 0.2) is 18.2 Å². The Morgan fingerprint density at radius 3 is 3.14 bits per heavy atom. The maximum absolute atomic E-state index is 5.92. The van der Waals surface area contributed by atoms with Crippen LogP contribution in [0.25, 0.3) is 0 Å². The number of fused-ring (bicyclic) bond motifs is 1. The summed E-state index contributed by atoms with van der Waals surface area (Å²) in [6.45, 7) is 0.742. The van der Waals surface area contributed by atoms with E-state index in [1.54, 1.807) is 7.11 Å². The van der Waals surface area contributed by atoms with Crippen LogP contribution in [0, 0.1) is 0 Å². The van der Waals surface area contributed by atoms with Gasteiger partial charge in [-0.15, -0.1) is 0 Å². The maximum atomic E-state index is 5.92. The highest BCUT2D eigenvalue weighted by molar-refractivity contribution is 5.49. The molecule has 0 aromatic heterocycles. The highest BCUT2D eigenvalue weighted by Gasteiger charge is 2.20. The lowest BCUT2D eigenvalue weighted by Crippen LogP contribution is -2.16. The molecule has 0 saturated heterocycles. The summed E-state index contributed by atoms with van der Waals surface area (Å²) in [5.41, 5.74) is 6.85. The van der Waals surface area contributed by atoms with E-state index in [9.17, 15) is 0 Å². The molecule has 76 valence electrons. The van der Waals surface area contributed by atoms with Crippen molar-refractivity contribution in [1.82, 2.24) is 0 Å². The number of hydrogen-bond donors (Lipinski definition) is 1. The Hall–Kier alpha value is -1.26. The van der Waals surface area contributed by atoms with Crippen LogP contribution >= 0.6 is 0 Å². The fourth-order valence-corrected chi connectivity index (χ4v) is 1.51. The highest BCUT2D eigenvalue weighted by Crippen LogP contribution is 2.37. The van der Waals surface area contributed by atoms with Gasteiger partial charge in [0.2, 0.25) is 6.79 Å². The Balaban J connectivity index is 2.29. The Morgan fingerprint density at radius 2 is 2.36 bits per heavy atom. The van der Waals surface area contributed by atoms with Gasteiger partial charge in [-0.1, -0.05) is 12.1 Å². The van der Waals surface area contributed by atoms with Gasteiger partial charge in [0.15, 0.2) is 11.5 Å². The molecule has 0 radical (unpaired) electrons. The smallest absolute Gasteiger partial charge is 0.231 e. The van der Waals surface area contributed by atoms with Crippen LogP contribution in [-0.4, -0.2) is 20.5 Å². The van der Waals surface area contributed by atoms with Gasteiger partial charge in [-0.3, -0.25) is 0 Å². The van der Waals surface area contributed by atoms with Crippen LogP contribution < -0.4 is 15.2 Å². The minimum absolute atomic E-state index is 0.170. The third-order valence-corrected chi connectivity index (χ3v) is 2.17. The molecule has 1 unspecified atom stereocenters. The van der Waals surface area contributed by atoms with Crippen molar-refractivity contribution in [2.75, 3.05) is 20.5 Å². The first-order valence-electron chi connectivity index (χ1n) is 4.46. The summed E-state index contributed by atoms with van der Waals surface area (Å²) in [6.07, 6.45) is 0. The van der Waals surface area contributed by atoms with Crippen LogP contribution in [0.3, 0.4) is 0 Å². The third kappa shape index (κ3) is 1.54. The zero-order valence-electron chi connectivity index (χ0n) is 8.03. The molecule has 0 fully saturated rings. The molecule has 1 aromatic carbocycles. The molecule has 1 heterocycles. The number of nitrogens with two attached hydrogens (primary N) is 1. The molecule has 4 nitrogen and oxygen atoms in total. The van der Waals surface area contributed by atoms with E-state index < -0.39 is 0 Å². The standard InChI is InChI=1S/C10H13NO3/c1-12-5-8(11)7-3-2-4-9-10(7)14-6-13-9/h2-4,8H,5-6,11H2,1H3. The van der Waals surface area contributed by atoms with Crippen LogP contribution in [-0.2, 0) is 4.74 Å². The van der Waals surface area contributed by atoms with Gasteiger partial charge >= 0.3 is 0 Å². The second-order valence-corrected chi connectivity index (χ2v) is 3.14. The van der Waals surface area contributed by atoms with E-state index in [2.05, 4.69) is 0 Å². The summed E-state index contributed by atoms with van der Waals surface area (Å²) in [4.78, 5) is 0. The van der Waals surface area contributed by atoms with Gasteiger partial charge in [-0.05, 0) is 6.07 Å². The van der Waals surface area contributed by atoms with E-state index in [4.69, 9.17) is 19.9 Å². The second-order valence-electron chi connectivity index (χ2n) is 3.14. The molecule has 0 bridgehead atoms. The zero-order chi connectivity index (χ0) is 9.97. The number of ether oxygens (including phenoxy) is 3. The van der Waals surface area contributed by atoms with Crippen LogP contribution in [0.2, 0.25) is 0 Å². The van der Waals surface area contributed by atoms with Gasteiger partial charge < -0.3 is 19.9 Å². The summed E-state index contributed by atoms with van der Waals surface area (Å²) >= 11 is 0. The van der Waals surface area contributed by atoms with E-state index in [1.165, 1.54) is 0 Å². The van der Waals surface area contributed by atoms with Crippen molar-refractivity contribution in [3.05, 3.63) is 23.8 Å². The summed E-state index contributed by atoms with van der Waals surface area (Å²) in [5.74, 6) is 1.51. The second kappa shape index (κ2) is 3.86. The molecule has 0 amide bonds. The number of para-hydroxylation sites is 1. The predicted octanol–water partition coefficient (Wildman–Crippen LogP) is 1.06. The first kappa shape index (κ1) is 9.30. The van der Waals surface area contributed by atoms with Crippen LogP contribution in [0.5, 0.6) is 11.5 Å². The minimum Gasteiger partial charge on any atom is -0.454 e. The third-order valence-electron chi connectivity index (χ3n) is 2.17. The SMILES string of the molecule is COCC(N)c1cccc2c1OCO2. The fraction of sp³-hybridized carbons (Fsp3) is 0.400. The monoisotopic (exact) mass is 195 g/mol. The largest absolute Gasteiger partial charge is 0.454 e. The van der Waals surface area contributed by atoms with E-state index >= 15 is 0 Å². The first-order chi connectivity index (χ1) is 6.83. The Labute approximate surface area is 82.6 Å². The highest BCUT2D eigenvalue weighted by atomic mass is 16.7. The molecule has 0 aliphatic carbocycles. The lowest BCUT2D eigenvalue weighted by Gasteiger charge is -2.12. The van der Waals surface area contributed by atoms with Gasteiger partial charge in [0.25, 0.3) is 0 Å². The summed E-state index contributed by atoms with van der Waals surface area (Å²) in [7, 11) is 1.63. The van der Waals surface area contributed by atoms with Gasteiger partial charge in [0.1, 0.15) is 0 Å². The number of methoxy groups -OCH3 is 1. The van der Waals surface area contributed by atoms with Crippen molar-refractivity contribution in [1.29, 1.82) is 0 Å². The van der Waals surface area contributed by atoms with Gasteiger partial charge in [0, 0.05) is 12.7 Å². The molecule has 0 saturated carbocycles. The van der Waals surface area contributed by atoms with Crippen molar-refractivity contribution in [2.45, 2.75) is 6.04 Å². The first-order valence-corrected chi connectivity index (χ1v) is 4.46. The Kier molecular flexibility index (Phi) is 2.56. The lowest BCUT2D eigenvalue weighted by atomic mass is 10.1. The minimum atomic E-state index is -0.170.